The second-order valence-electron chi connectivity index (χ2n) is 3.50. The first kappa shape index (κ1) is 12.3. The summed E-state index contributed by atoms with van der Waals surface area (Å²) in [5.74, 6) is 0.389. The molecule has 0 bridgehead atoms. The molecule has 0 heterocycles. The second kappa shape index (κ2) is 5.96. The molecule has 0 spiro atoms. The normalized spacial score (nSPS) is 12.5. The molecule has 0 aliphatic rings. The van der Waals surface area contributed by atoms with Crippen LogP contribution in [-0.4, -0.2) is 7.11 Å². The molecule has 1 atom stereocenters. The summed E-state index contributed by atoms with van der Waals surface area (Å²) < 4.78 is 18.2. The van der Waals surface area contributed by atoms with Crippen molar-refractivity contribution in [2.45, 2.75) is 31.6 Å². The average molecular weight is 231 g/mol. The van der Waals surface area contributed by atoms with Gasteiger partial charge >= 0.3 is 0 Å². The SMILES string of the molecule is CCCCC(Cl)c1cc(F)ccc1OC. The lowest BCUT2D eigenvalue weighted by molar-refractivity contribution is 0.406. The highest BCUT2D eigenvalue weighted by atomic mass is 35.5. The van der Waals surface area contributed by atoms with Gasteiger partial charge in [0, 0.05) is 5.56 Å². The standard InChI is InChI=1S/C12H16ClFO/c1-3-4-5-11(13)10-8-9(14)6-7-12(10)15-2/h6-8,11H,3-5H2,1-2H3. The molecule has 84 valence electrons. The molecule has 0 amide bonds. The summed E-state index contributed by atoms with van der Waals surface area (Å²) >= 11 is 6.19. The highest BCUT2D eigenvalue weighted by molar-refractivity contribution is 6.21. The zero-order valence-corrected chi connectivity index (χ0v) is 9.85. The van der Waals surface area contributed by atoms with Crippen molar-refractivity contribution in [1.29, 1.82) is 0 Å². The molecule has 3 heteroatoms. The third-order valence-electron chi connectivity index (χ3n) is 2.34. The number of hydrogen-bond acceptors (Lipinski definition) is 1. The van der Waals surface area contributed by atoms with E-state index in [-0.39, 0.29) is 11.2 Å². The Kier molecular flexibility index (Phi) is 4.89. The largest absolute Gasteiger partial charge is 0.496 e. The fraction of sp³-hybridized carbons (Fsp3) is 0.500. The minimum Gasteiger partial charge on any atom is -0.496 e. The van der Waals surface area contributed by atoms with Gasteiger partial charge in [0.05, 0.1) is 12.5 Å². The van der Waals surface area contributed by atoms with Gasteiger partial charge < -0.3 is 4.74 Å². The molecule has 0 radical (unpaired) electrons. The van der Waals surface area contributed by atoms with E-state index in [9.17, 15) is 4.39 Å². The molecular weight excluding hydrogens is 215 g/mol. The number of methoxy groups -OCH3 is 1. The Labute approximate surface area is 95.2 Å². The third-order valence-corrected chi connectivity index (χ3v) is 2.79. The van der Waals surface area contributed by atoms with E-state index in [1.54, 1.807) is 13.2 Å². The van der Waals surface area contributed by atoms with Crippen molar-refractivity contribution in [3.05, 3.63) is 29.6 Å². The molecule has 0 aliphatic carbocycles. The van der Waals surface area contributed by atoms with Crippen LogP contribution >= 0.6 is 11.6 Å². The maximum absolute atomic E-state index is 13.1. The lowest BCUT2D eigenvalue weighted by atomic mass is 10.1. The van der Waals surface area contributed by atoms with Gasteiger partial charge in [-0.25, -0.2) is 4.39 Å². The molecule has 0 saturated carbocycles. The van der Waals surface area contributed by atoms with Gasteiger partial charge in [-0.3, -0.25) is 0 Å². The smallest absolute Gasteiger partial charge is 0.123 e. The van der Waals surface area contributed by atoms with Gasteiger partial charge in [-0.2, -0.15) is 0 Å². The van der Waals surface area contributed by atoms with Crippen LogP contribution in [0.4, 0.5) is 4.39 Å². The molecule has 1 rings (SSSR count). The van der Waals surface area contributed by atoms with Gasteiger partial charge in [0.1, 0.15) is 11.6 Å². The van der Waals surface area contributed by atoms with Crippen LogP contribution in [0.25, 0.3) is 0 Å². The lowest BCUT2D eigenvalue weighted by Gasteiger charge is -2.13. The fourth-order valence-electron chi connectivity index (χ4n) is 1.49. The molecule has 0 fully saturated rings. The van der Waals surface area contributed by atoms with E-state index < -0.39 is 0 Å². The number of unbranched alkanes of at least 4 members (excludes halogenated alkanes) is 1. The van der Waals surface area contributed by atoms with Gasteiger partial charge in [0.15, 0.2) is 0 Å². The van der Waals surface area contributed by atoms with Crippen LogP contribution in [0.15, 0.2) is 18.2 Å². The summed E-state index contributed by atoms with van der Waals surface area (Å²) in [6, 6.07) is 4.45. The van der Waals surface area contributed by atoms with E-state index in [4.69, 9.17) is 16.3 Å². The minimum atomic E-state index is -0.270. The van der Waals surface area contributed by atoms with E-state index in [0.29, 0.717) is 5.75 Å². The van der Waals surface area contributed by atoms with Crippen LogP contribution in [0.1, 0.15) is 37.1 Å². The third kappa shape index (κ3) is 3.38. The Bertz CT molecular complexity index is 314. The molecule has 0 aromatic heterocycles. The Morgan fingerprint density at radius 1 is 1.47 bits per heavy atom. The number of ether oxygens (including phenoxy) is 1. The molecule has 0 N–H and O–H groups in total. The van der Waals surface area contributed by atoms with Crippen LogP contribution in [-0.2, 0) is 0 Å². The van der Waals surface area contributed by atoms with E-state index in [0.717, 1.165) is 24.8 Å². The fourth-order valence-corrected chi connectivity index (χ4v) is 1.81. The number of alkyl halides is 1. The van der Waals surface area contributed by atoms with E-state index in [1.165, 1.54) is 12.1 Å². The van der Waals surface area contributed by atoms with Crippen molar-refractivity contribution in [2.75, 3.05) is 7.11 Å². The van der Waals surface area contributed by atoms with Crippen LogP contribution in [0.2, 0.25) is 0 Å². The Morgan fingerprint density at radius 3 is 2.80 bits per heavy atom. The number of halogens is 2. The molecule has 0 aliphatic heterocycles. The first-order valence-electron chi connectivity index (χ1n) is 5.16. The van der Waals surface area contributed by atoms with Gasteiger partial charge in [-0.05, 0) is 24.6 Å². The number of hydrogen-bond donors (Lipinski definition) is 0. The first-order valence-corrected chi connectivity index (χ1v) is 5.60. The van der Waals surface area contributed by atoms with Crippen molar-refractivity contribution in [3.8, 4) is 5.75 Å². The topological polar surface area (TPSA) is 9.23 Å². The Hall–Kier alpha value is -0.760. The highest BCUT2D eigenvalue weighted by Crippen LogP contribution is 2.33. The molecular formula is C12H16ClFO. The Balaban J connectivity index is 2.85. The minimum absolute atomic E-state index is 0.171. The summed E-state index contributed by atoms with van der Waals surface area (Å²) in [6.07, 6.45) is 2.96. The first-order chi connectivity index (χ1) is 7.19. The van der Waals surface area contributed by atoms with Crippen LogP contribution in [0.3, 0.4) is 0 Å². The summed E-state index contributed by atoms with van der Waals surface area (Å²) in [4.78, 5) is 0. The molecule has 1 unspecified atom stereocenters. The summed E-state index contributed by atoms with van der Waals surface area (Å²) in [5, 5.41) is -0.171. The quantitative estimate of drug-likeness (QED) is 0.685. The number of rotatable bonds is 5. The van der Waals surface area contributed by atoms with E-state index >= 15 is 0 Å². The highest BCUT2D eigenvalue weighted by Gasteiger charge is 2.13. The summed E-state index contributed by atoms with van der Waals surface area (Å²) in [6.45, 7) is 2.10. The van der Waals surface area contributed by atoms with E-state index in [2.05, 4.69) is 6.92 Å². The Morgan fingerprint density at radius 2 is 2.20 bits per heavy atom. The second-order valence-corrected chi connectivity index (χ2v) is 4.02. The van der Waals surface area contributed by atoms with E-state index in [1.807, 2.05) is 0 Å². The van der Waals surface area contributed by atoms with Gasteiger partial charge in [0.2, 0.25) is 0 Å². The lowest BCUT2D eigenvalue weighted by Crippen LogP contribution is -1.96. The van der Waals surface area contributed by atoms with Crippen molar-refractivity contribution >= 4 is 11.6 Å². The molecule has 1 aromatic carbocycles. The molecule has 1 nitrogen and oxygen atoms in total. The van der Waals surface area contributed by atoms with Gasteiger partial charge in [0.25, 0.3) is 0 Å². The van der Waals surface area contributed by atoms with Crippen LogP contribution < -0.4 is 4.74 Å². The summed E-state index contributed by atoms with van der Waals surface area (Å²) in [5.41, 5.74) is 0.743. The van der Waals surface area contributed by atoms with Crippen molar-refractivity contribution in [3.63, 3.8) is 0 Å². The predicted octanol–water partition coefficient (Wildman–Crippen LogP) is 4.30. The van der Waals surface area contributed by atoms with Gasteiger partial charge in [-0.1, -0.05) is 19.8 Å². The van der Waals surface area contributed by atoms with Gasteiger partial charge in [-0.15, -0.1) is 11.6 Å². The van der Waals surface area contributed by atoms with Crippen molar-refractivity contribution in [2.24, 2.45) is 0 Å². The predicted molar refractivity (Wildman–Crippen MR) is 61.1 cm³/mol. The summed E-state index contributed by atoms with van der Waals surface area (Å²) in [7, 11) is 1.57. The van der Waals surface area contributed by atoms with Crippen molar-refractivity contribution < 1.29 is 9.13 Å². The zero-order chi connectivity index (χ0) is 11.3. The van der Waals surface area contributed by atoms with Crippen molar-refractivity contribution in [1.82, 2.24) is 0 Å². The van der Waals surface area contributed by atoms with Crippen LogP contribution in [0, 0.1) is 5.82 Å². The molecule has 1 aromatic rings. The number of benzene rings is 1. The monoisotopic (exact) mass is 230 g/mol. The maximum atomic E-state index is 13.1. The molecule has 15 heavy (non-hydrogen) atoms. The van der Waals surface area contributed by atoms with Crippen LogP contribution in [0.5, 0.6) is 5.75 Å². The maximum Gasteiger partial charge on any atom is 0.123 e. The molecule has 0 saturated heterocycles. The average Bonchev–Trinajstić information content (AvgIpc) is 2.25. The zero-order valence-electron chi connectivity index (χ0n) is 9.09.